The second kappa shape index (κ2) is 18.4. The minimum Gasteiger partial charge on any atom is -0.549 e. The normalized spacial score (nSPS) is 11.9. The number of ketones is 2. The van der Waals surface area contributed by atoms with Crippen molar-refractivity contribution < 1.29 is 35.5 Å². The molecule has 0 fully saturated rings. The Morgan fingerprint density at radius 1 is 0.741 bits per heavy atom. The molecular formula is C18H32O8Sn. The van der Waals surface area contributed by atoms with E-state index in [0.29, 0.717) is 25.0 Å². The first kappa shape index (κ1) is 30.7. The third kappa shape index (κ3) is 21.2. The zero-order chi connectivity index (χ0) is 22.2. The molecule has 0 aliphatic carbocycles. The van der Waals surface area contributed by atoms with Crippen molar-refractivity contribution in [2.75, 3.05) is 0 Å². The van der Waals surface area contributed by atoms with E-state index in [1.54, 1.807) is 13.8 Å². The quantitative estimate of drug-likeness (QED) is 0.308. The summed E-state index contributed by atoms with van der Waals surface area (Å²) in [5.41, 5.74) is 0. The van der Waals surface area contributed by atoms with E-state index >= 15 is 0 Å². The molecule has 0 heterocycles. The van der Waals surface area contributed by atoms with Gasteiger partial charge < -0.3 is 19.8 Å². The molecule has 0 N–H and O–H groups in total. The monoisotopic (exact) mass is 496 g/mol. The van der Waals surface area contributed by atoms with Gasteiger partial charge in [0, 0.05) is 0 Å². The van der Waals surface area contributed by atoms with E-state index in [2.05, 4.69) is 0 Å². The van der Waals surface area contributed by atoms with Gasteiger partial charge in [0.2, 0.25) is 0 Å². The van der Waals surface area contributed by atoms with Gasteiger partial charge in [0.15, 0.2) is 0 Å². The van der Waals surface area contributed by atoms with Crippen LogP contribution in [0.15, 0.2) is 0 Å². The molecule has 0 spiro atoms. The smallest absolute Gasteiger partial charge is 0.138 e. The number of hydrogen-bond donors (Lipinski definition) is 0. The van der Waals surface area contributed by atoms with E-state index in [-0.39, 0.29) is 11.6 Å². The molecule has 0 bridgehead atoms. The second-order valence-electron chi connectivity index (χ2n) is 6.20. The summed E-state index contributed by atoms with van der Waals surface area (Å²) in [6.07, 6.45) is 1.32. The van der Waals surface area contributed by atoms with Crippen LogP contribution in [0.25, 0.3) is 0 Å². The Labute approximate surface area is 173 Å². The van der Waals surface area contributed by atoms with E-state index in [0.717, 1.165) is 0 Å². The number of carboxylic acids is 2. The van der Waals surface area contributed by atoms with Crippen LogP contribution in [-0.4, -0.2) is 57.7 Å². The van der Waals surface area contributed by atoms with Crippen LogP contribution in [0, 0.1) is 11.8 Å². The minimum absolute atomic E-state index is 0.317. The zero-order valence-corrected chi connectivity index (χ0v) is 20.3. The van der Waals surface area contributed by atoms with Gasteiger partial charge in [-0.15, -0.1) is 0 Å². The topological polar surface area (TPSA) is 133 Å². The second-order valence-corrected chi connectivity index (χ2v) is 8.02. The standard InChI is InChI=1S/2C6H10O3.2C3H7O.Sn/c2*1-3-5(4(2)7)6(8)9;2*1-3(2)4;/h2*5H,3H2,1-2H3,(H,8,9);2*3H,1-2H3;/q;;2*-1;+4/p-2. The Balaban J connectivity index is -0.000000320. The van der Waals surface area contributed by atoms with Gasteiger partial charge in [0.25, 0.3) is 0 Å². The molecule has 0 saturated carbocycles. The number of carboxylic acid groups (broad SMARTS) is 2. The van der Waals surface area contributed by atoms with Crippen LogP contribution in [0.3, 0.4) is 0 Å². The fraction of sp³-hybridized carbons (Fsp3) is 0.778. The molecule has 0 saturated heterocycles. The Morgan fingerprint density at radius 2 is 1.00 bits per heavy atom. The fourth-order valence-electron chi connectivity index (χ4n) is 1.46. The number of carbonyl (C=O) groups is 4. The molecule has 0 aromatic rings. The Kier molecular flexibility index (Phi) is 20.9. The van der Waals surface area contributed by atoms with Crippen LogP contribution < -0.4 is 10.2 Å². The molecule has 0 aliphatic rings. The van der Waals surface area contributed by atoms with Gasteiger partial charge in [-0.2, -0.15) is 0 Å². The third-order valence-electron chi connectivity index (χ3n) is 2.93. The summed E-state index contributed by atoms with van der Waals surface area (Å²) in [6, 6.07) is 0. The Morgan fingerprint density at radius 3 is 1.07 bits per heavy atom. The molecule has 0 aromatic heterocycles. The van der Waals surface area contributed by atoms with Crippen LogP contribution >= 0.6 is 0 Å². The summed E-state index contributed by atoms with van der Waals surface area (Å²) in [5, 5.41) is 20.1. The molecule has 0 rings (SSSR count). The van der Waals surface area contributed by atoms with Crippen molar-refractivity contribution in [3.8, 4) is 0 Å². The SMILES string of the molecule is CC(C)[O][Sn+2][O]C(C)C.CCC(C(C)=O)C(=O)[O-].CCC(C(C)=O)C(=O)[O-]. The maximum absolute atomic E-state index is 10.4. The zero-order valence-electron chi connectivity index (χ0n) is 17.5. The molecule has 0 amide bonds. The van der Waals surface area contributed by atoms with E-state index in [9.17, 15) is 29.4 Å². The van der Waals surface area contributed by atoms with Crippen LogP contribution in [-0.2, 0) is 25.3 Å². The molecule has 0 aromatic carbocycles. The molecule has 0 aliphatic heterocycles. The van der Waals surface area contributed by atoms with Crippen molar-refractivity contribution in [1.29, 1.82) is 0 Å². The molecule has 156 valence electrons. The van der Waals surface area contributed by atoms with E-state index < -0.39 is 45.7 Å². The fourth-order valence-corrected chi connectivity index (χ4v) is 2.72. The number of carbonyl (C=O) groups excluding carboxylic acids is 4. The summed E-state index contributed by atoms with van der Waals surface area (Å²) < 4.78 is 10.6. The average molecular weight is 495 g/mol. The minimum atomic E-state index is -1.27. The molecule has 2 atom stereocenters. The van der Waals surface area contributed by atoms with E-state index in [4.69, 9.17) is 6.15 Å². The van der Waals surface area contributed by atoms with Crippen molar-refractivity contribution in [1.82, 2.24) is 0 Å². The third-order valence-corrected chi connectivity index (χ3v) is 6.17. The summed E-state index contributed by atoms with van der Waals surface area (Å²) in [7, 11) is 0. The molecule has 0 radical (unpaired) electrons. The van der Waals surface area contributed by atoms with E-state index in [1.807, 2.05) is 27.7 Å². The predicted octanol–water partition coefficient (Wildman–Crippen LogP) is 0.0736. The maximum atomic E-state index is 10.4. The summed E-state index contributed by atoms with van der Waals surface area (Å²) in [4.78, 5) is 40.9. The first-order valence-electron chi connectivity index (χ1n) is 8.80. The molecule has 2 unspecified atom stereocenters. The van der Waals surface area contributed by atoms with Crippen molar-refractivity contribution in [2.45, 2.75) is 80.4 Å². The largest absolute Gasteiger partial charge is 0.549 e. The summed E-state index contributed by atoms with van der Waals surface area (Å²) in [6.45, 7) is 13.9. The van der Waals surface area contributed by atoms with Gasteiger partial charge in [-0.3, -0.25) is 9.59 Å². The van der Waals surface area contributed by atoms with Gasteiger partial charge in [0.05, 0.1) is 23.8 Å². The number of rotatable bonds is 10. The first-order chi connectivity index (χ1) is 12.3. The number of Topliss-reactive ketones (excluding diaryl/α,β-unsaturated/α-hetero) is 2. The number of hydrogen-bond acceptors (Lipinski definition) is 8. The summed E-state index contributed by atoms with van der Waals surface area (Å²) in [5.74, 6) is -5.04. The predicted molar refractivity (Wildman–Crippen MR) is 97.1 cm³/mol. The van der Waals surface area contributed by atoms with Crippen LogP contribution in [0.1, 0.15) is 68.2 Å². The van der Waals surface area contributed by atoms with Gasteiger partial charge in [-0.1, -0.05) is 13.8 Å². The number of aliphatic carboxylic acids is 2. The van der Waals surface area contributed by atoms with Crippen LogP contribution in [0.4, 0.5) is 0 Å². The van der Waals surface area contributed by atoms with Gasteiger partial charge >= 0.3 is 68.0 Å². The molecular weight excluding hydrogens is 463 g/mol. The van der Waals surface area contributed by atoms with Crippen molar-refractivity contribution >= 4 is 45.5 Å². The van der Waals surface area contributed by atoms with Crippen molar-refractivity contribution in [3.05, 3.63) is 0 Å². The molecule has 8 nitrogen and oxygen atoms in total. The molecule has 9 heteroatoms. The first-order valence-corrected chi connectivity index (χ1v) is 11.1. The van der Waals surface area contributed by atoms with Gasteiger partial charge in [-0.05, 0) is 26.7 Å². The Bertz CT molecular complexity index is 381. The molecule has 27 heavy (non-hydrogen) atoms. The average Bonchev–Trinajstić information content (AvgIpc) is 2.47. The van der Waals surface area contributed by atoms with Crippen molar-refractivity contribution in [3.63, 3.8) is 0 Å². The summed E-state index contributed by atoms with van der Waals surface area (Å²) >= 11 is -0.929. The van der Waals surface area contributed by atoms with Crippen LogP contribution in [0.5, 0.6) is 0 Å². The Hall–Kier alpha value is -1.00. The van der Waals surface area contributed by atoms with Crippen LogP contribution in [0.2, 0.25) is 0 Å². The van der Waals surface area contributed by atoms with Gasteiger partial charge in [-0.25, -0.2) is 0 Å². The van der Waals surface area contributed by atoms with Crippen molar-refractivity contribution in [2.24, 2.45) is 11.8 Å². The van der Waals surface area contributed by atoms with Gasteiger partial charge in [0.1, 0.15) is 11.6 Å². The maximum Gasteiger partial charge on any atom is 0.138 e. The van der Waals surface area contributed by atoms with E-state index in [1.165, 1.54) is 13.8 Å².